The van der Waals surface area contributed by atoms with Crippen molar-refractivity contribution in [2.24, 2.45) is 11.8 Å². The maximum atomic E-state index is 12.3. The van der Waals surface area contributed by atoms with Gasteiger partial charge in [0, 0.05) is 28.7 Å². The minimum Gasteiger partial charge on any atom is -0.481 e. The molecule has 5 nitrogen and oxygen atoms in total. The molecule has 1 aromatic carbocycles. The lowest BCUT2D eigenvalue weighted by Crippen LogP contribution is -2.33. The molecule has 2 aromatic rings. The first kappa shape index (κ1) is 18.1. The number of hydrogen-bond donors (Lipinski definition) is 2. The minimum atomic E-state index is -0.879. The van der Waals surface area contributed by atoms with Gasteiger partial charge in [0.15, 0.2) is 0 Å². The smallest absolute Gasteiger partial charge is 0.308 e. The zero-order valence-corrected chi connectivity index (χ0v) is 14.9. The van der Waals surface area contributed by atoms with Crippen molar-refractivity contribution in [2.75, 3.05) is 6.54 Å². The molecule has 1 atom stereocenters. The fourth-order valence-electron chi connectivity index (χ4n) is 2.44. The third-order valence-corrected chi connectivity index (χ3v) is 4.61. The molecule has 2 N–H and O–H groups in total. The van der Waals surface area contributed by atoms with Gasteiger partial charge in [-0.3, -0.25) is 9.59 Å². The van der Waals surface area contributed by atoms with Crippen LogP contribution in [0.3, 0.4) is 0 Å². The number of carboxylic acids is 1. The van der Waals surface area contributed by atoms with Crippen molar-refractivity contribution >= 4 is 23.2 Å². The number of carbonyl (C=O) groups excluding carboxylic acids is 1. The third-order valence-electron chi connectivity index (χ3n) is 3.60. The minimum absolute atomic E-state index is 0.132. The van der Waals surface area contributed by atoms with Crippen LogP contribution >= 0.6 is 11.3 Å². The molecule has 0 aliphatic carbocycles. The number of aromatic nitrogens is 1. The summed E-state index contributed by atoms with van der Waals surface area (Å²) in [6.07, 6.45) is 0.536. The van der Waals surface area contributed by atoms with Crippen LogP contribution in [-0.2, 0) is 4.79 Å². The number of carboxylic acid groups (broad SMARTS) is 1. The van der Waals surface area contributed by atoms with E-state index in [-0.39, 0.29) is 18.4 Å². The molecule has 1 unspecified atom stereocenters. The van der Waals surface area contributed by atoms with E-state index in [4.69, 9.17) is 0 Å². The Hall–Kier alpha value is -2.21. The summed E-state index contributed by atoms with van der Waals surface area (Å²) in [6, 6.07) is 7.22. The summed E-state index contributed by atoms with van der Waals surface area (Å²) in [6.45, 7) is 6.00. The first-order valence-corrected chi connectivity index (χ1v) is 8.78. The maximum Gasteiger partial charge on any atom is 0.308 e. The van der Waals surface area contributed by atoms with E-state index in [2.05, 4.69) is 10.3 Å². The zero-order chi connectivity index (χ0) is 17.7. The molecular formula is C18H22N2O3S. The van der Waals surface area contributed by atoms with Gasteiger partial charge < -0.3 is 10.4 Å². The lowest BCUT2D eigenvalue weighted by atomic mass is 9.97. The monoisotopic (exact) mass is 346 g/mol. The van der Waals surface area contributed by atoms with Gasteiger partial charge in [-0.2, -0.15) is 0 Å². The van der Waals surface area contributed by atoms with Crippen LogP contribution in [0.5, 0.6) is 0 Å². The topological polar surface area (TPSA) is 79.3 Å². The van der Waals surface area contributed by atoms with E-state index >= 15 is 0 Å². The van der Waals surface area contributed by atoms with Crippen molar-refractivity contribution in [1.29, 1.82) is 0 Å². The van der Waals surface area contributed by atoms with E-state index in [1.165, 1.54) is 11.3 Å². The van der Waals surface area contributed by atoms with Crippen molar-refractivity contribution in [3.8, 4) is 10.6 Å². The van der Waals surface area contributed by atoms with Crippen LogP contribution in [0.4, 0.5) is 0 Å². The summed E-state index contributed by atoms with van der Waals surface area (Å²) < 4.78 is 0. The standard InChI is InChI=1S/C18H22N2O3S/c1-11(2)7-15(18(22)23)9-19-16(21)13-5-4-6-14(8-13)17-20-12(3)10-24-17/h4-6,8,10-11,15H,7,9H2,1-3H3,(H,19,21)(H,22,23). The van der Waals surface area contributed by atoms with Crippen molar-refractivity contribution in [1.82, 2.24) is 10.3 Å². The van der Waals surface area contributed by atoms with Gasteiger partial charge in [0.25, 0.3) is 5.91 Å². The number of aliphatic carboxylic acids is 1. The van der Waals surface area contributed by atoms with Crippen LogP contribution in [0.2, 0.25) is 0 Å². The highest BCUT2D eigenvalue weighted by Crippen LogP contribution is 2.24. The average molecular weight is 346 g/mol. The molecular weight excluding hydrogens is 324 g/mol. The van der Waals surface area contributed by atoms with E-state index in [9.17, 15) is 14.7 Å². The molecule has 0 saturated heterocycles. The highest BCUT2D eigenvalue weighted by Gasteiger charge is 2.20. The summed E-state index contributed by atoms with van der Waals surface area (Å²) in [4.78, 5) is 28.0. The Bertz CT molecular complexity index is 725. The highest BCUT2D eigenvalue weighted by atomic mass is 32.1. The second-order valence-corrected chi connectivity index (χ2v) is 7.11. The van der Waals surface area contributed by atoms with Crippen LogP contribution < -0.4 is 5.32 Å². The quantitative estimate of drug-likeness (QED) is 0.803. The van der Waals surface area contributed by atoms with Gasteiger partial charge >= 0.3 is 5.97 Å². The third kappa shape index (κ3) is 4.89. The second-order valence-electron chi connectivity index (χ2n) is 6.25. The number of aryl methyl sites for hydroxylation is 1. The summed E-state index contributed by atoms with van der Waals surface area (Å²) in [5.74, 6) is -1.45. The molecule has 0 spiro atoms. The lowest BCUT2D eigenvalue weighted by Gasteiger charge is -2.15. The van der Waals surface area contributed by atoms with Crippen LogP contribution in [0.1, 0.15) is 36.3 Å². The van der Waals surface area contributed by atoms with E-state index in [1.807, 2.05) is 38.3 Å². The summed E-state index contributed by atoms with van der Waals surface area (Å²) >= 11 is 1.53. The summed E-state index contributed by atoms with van der Waals surface area (Å²) in [5, 5.41) is 14.8. The fourth-order valence-corrected chi connectivity index (χ4v) is 3.23. The number of amides is 1. The van der Waals surface area contributed by atoms with Crippen LogP contribution in [0.25, 0.3) is 10.6 Å². The maximum absolute atomic E-state index is 12.3. The number of rotatable bonds is 7. The molecule has 0 aliphatic rings. The van der Waals surface area contributed by atoms with E-state index in [1.54, 1.807) is 12.1 Å². The van der Waals surface area contributed by atoms with Gasteiger partial charge in [0.1, 0.15) is 5.01 Å². The predicted octanol–water partition coefficient (Wildman–Crippen LogP) is 3.60. The normalized spacial score (nSPS) is 12.2. The largest absolute Gasteiger partial charge is 0.481 e. The number of thiazole rings is 1. The number of nitrogens with one attached hydrogen (secondary N) is 1. The molecule has 2 rings (SSSR count). The highest BCUT2D eigenvalue weighted by molar-refractivity contribution is 7.13. The van der Waals surface area contributed by atoms with Crippen LogP contribution in [0, 0.1) is 18.8 Å². The first-order chi connectivity index (χ1) is 11.4. The summed E-state index contributed by atoms with van der Waals surface area (Å²) in [5.41, 5.74) is 2.34. The molecule has 0 radical (unpaired) electrons. The van der Waals surface area contributed by atoms with Gasteiger partial charge in [-0.15, -0.1) is 11.3 Å². The van der Waals surface area contributed by atoms with E-state index in [0.29, 0.717) is 12.0 Å². The molecule has 1 aromatic heterocycles. The van der Waals surface area contributed by atoms with Gasteiger partial charge in [-0.1, -0.05) is 26.0 Å². The number of hydrogen-bond acceptors (Lipinski definition) is 4. The number of carbonyl (C=O) groups is 2. The van der Waals surface area contributed by atoms with Gasteiger partial charge in [-0.25, -0.2) is 4.98 Å². The molecule has 0 saturated carbocycles. The van der Waals surface area contributed by atoms with Crippen LogP contribution in [-0.4, -0.2) is 28.5 Å². The van der Waals surface area contributed by atoms with E-state index < -0.39 is 11.9 Å². The number of nitrogens with zero attached hydrogens (tertiary/aromatic N) is 1. The van der Waals surface area contributed by atoms with Crippen molar-refractivity contribution in [2.45, 2.75) is 27.2 Å². The Kier molecular flexibility index (Phi) is 6.09. The Morgan fingerprint density at radius 1 is 1.33 bits per heavy atom. The Balaban J connectivity index is 2.06. The molecule has 6 heteroatoms. The van der Waals surface area contributed by atoms with Gasteiger partial charge in [0.05, 0.1) is 5.92 Å². The Morgan fingerprint density at radius 2 is 2.08 bits per heavy atom. The molecule has 0 fully saturated rings. The molecule has 24 heavy (non-hydrogen) atoms. The average Bonchev–Trinajstić information content (AvgIpc) is 2.97. The predicted molar refractivity (Wildman–Crippen MR) is 95.2 cm³/mol. The molecule has 0 bridgehead atoms. The molecule has 128 valence electrons. The van der Waals surface area contributed by atoms with Crippen molar-refractivity contribution in [3.63, 3.8) is 0 Å². The summed E-state index contributed by atoms with van der Waals surface area (Å²) in [7, 11) is 0. The zero-order valence-electron chi connectivity index (χ0n) is 14.1. The fraction of sp³-hybridized carbons (Fsp3) is 0.389. The first-order valence-electron chi connectivity index (χ1n) is 7.90. The van der Waals surface area contributed by atoms with Crippen molar-refractivity contribution < 1.29 is 14.7 Å². The second kappa shape index (κ2) is 8.06. The van der Waals surface area contributed by atoms with Gasteiger partial charge in [0.2, 0.25) is 0 Å². The SMILES string of the molecule is Cc1csc(-c2cccc(C(=O)NCC(CC(C)C)C(=O)O)c2)n1. The van der Waals surface area contributed by atoms with Crippen molar-refractivity contribution in [3.05, 3.63) is 40.9 Å². The Morgan fingerprint density at radius 3 is 2.67 bits per heavy atom. The lowest BCUT2D eigenvalue weighted by molar-refractivity contribution is -0.142. The molecule has 1 amide bonds. The Labute approximate surface area is 145 Å². The molecule has 1 heterocycles. The van der Waals surface area contributed by atoms with Crippen LogP contribution in [0.15, 0.2) is 29.6 Å². The van der Waals surface area contributed by atoms with Gasteiger partial charge in [-0.05, 0) is 31.4 Å². The number of benzene rings is 1. The van der Waals surface area contributed by atoms with E-state index in [0.717, 1.165) is 16.3 Å². The molecule has 0 aliphatic heterocycles.